The summed E-state index contributed by atoms with van der Waals surface area (Å²) in [7, 11) is -0.231. The van der Waals surface area contributed by atoms with Crippen LogP contribution in [0.15, 0.2) is 0 Å². The molecule has 2 heterocycles. The van der Waals surface area contributed by atoms with Crippen molar-refractivity contribution in [3.05, 3.63) is 0 Å². The fourth-order valence-electron chi connectivity index (χ4n) is 5.89. The zero-order valence-corrected chi connectivity index (χ0v) is 22.9. The summed E-state index contributed by atoms with van der Waals surface area (Å²) in [5.41, 5.74) is -1.92. The average molecular weight is 477 g/mol. The van der Waals surface area contributed by atoms with Gasteiger partial charge >= 0.3 is 7.12 Å². The molecule has 1 aliphatic carbocycles. The summed E-state index contributed by atoms with van der Waals surface area (Å²) in [6, 6.07) is 0. The molecule has 3 rings (SSSR count). The van der Waals surface area contributed by atoms with Crippen molar-refractivity contribution in [3.8, 4) is 0 Å². The normalized spacial score (nSPS) is 31.5. The predicted octanol–water partition coefficient (Wildman–Crippen LogP) is 3.77. The molecule has 194 valence electrons. The van der Waals surface area contributed by atoms with Crippen LogP contribution in [0.5, 0.6) is 0 Å². The third kappa shape index (κ3) is 6.35. The molecule has 3 atom stereocenters. The zero-order chi connectivity index (χ0) is 25.4. The van der Waals surface area contributed by atoms with Crippen LogP contribution in [0.1, 0.15) is 93.9 Å². The Morgan fingerprint density at radius 2 is 1.62 bits per heavy atom. The van der Waals surface area contributed by atoms with Crippen molar-refractivity contribution in [2.24, 2.45) is 11.8 Å². The van der Waals surface area contributed by atoms with E-state index in [0.29, 0.717) is 12.3 Å². The molecule has 3 aliphatic rings. The highest BCUT2D eigenvalue weighted by Gasteiger charge is 2.53. The molecular weight excluding hydrogens is 429 g/mol. The number of nitrogens with zero attached hydrogens (tertiary/aromatic N) is 1. The van der Waals surface area contributed by atoms with E-state index in [0.717, 1.165) is 45.2 Å². The standard InChI is InChI=1S/C26H48BN3O4/c1-19(31)28-26(22(32)29-23(2,3)4)17-20(11-12-21(26)18-30-15-9-10-16-30)13-14-27-33-24(5,6)25(7,8)34-27/h20-21H,9-18H2,1-8H3,(H,28,31)(H,29,32)/t20-,21-,26+/m0/s1. The van der Waals surface area contributed by atoms with E-state index in [1.165, 1.54) is 19.8 Å². The molecule has 2 aliphatic heterocycles. The predicted molar refractivity (Wildman–Crippen MR) is 136 cm³/mol. The number of carbonyl (C=O) groups is 2. The molecule has 2 saturated heterocycles. The zero-order valence-electron chi connectivity index (χ0n) is 22.9. The molecule has 0 aromatic rings. The quantitative estimate of drug-likeness (QED) is 0.546. The molecule has 34 heavy (non-hydrogen) atoms. The Balaban J connectivity index is 1.77. The van der Waals surface area contributed by atoms with Gasteiger partial charge in [-0.05, 0) is 106 Å². The lowest BCUT2D eigenvalue weighted by molar-refractivity contribution is -0.140. The van der Waals surface area contributed by atoms with E-state index < -0.39 is 5.54 Å². The van der Waals surface area contributed by atoms with Crippen LogP contribution >= 0.6 is 0 Å². The molecule has 0 aromatic heterocycles. The van der Waals surface area contributed by atoms with Crippen LogP contribution in [0, 0.1) is 11.8 Å². The molecule has 1 saturated carbocycles. The van der Waals surface area contributed by atoms with Crippen LogP contribution in [0.25, 0.3) is 0 Å². The number of nitrogens with one attached hydrogen (secondary N) is 2. The first-order valence-corrected chi connectivity index (χ1v) is 13.3. The van der Waals surface area contributed by atoms with Gasteiger partial charge in [-0.3, -0.25) is 9.59 Å². The third-order valence-corrected chi connectivity index (χ3v) is 8.31. The van der Waals surface area contributed by atoms with Gasteiger partial charge in [0, 0.05) is 24.9 Å². The molecule has 0 unspecified atom stereocenters. The van der Waals surface area contributed by atoms with Crippen molar-refractivity contribution < 1.29 is 18.9 Å². The van der Waals surface area contributed by atoms with Crippen LogP contribution in [-0.2, 0) is 18.9 Å². The SMILES string of the molecule is CC(=O)N[C@]1(C(=O)NC(C)(C)C)C[C@H](CCB2OC(C)(C)C(C)(C)O2)CC[C@H]1CN1CCCC1. The maximum atomic E-state index is 13.8. The molecule has 2 amide bonds. The van der Waals surface area contributed by atoms with Crippen LogP contribution in [0.3, 0.4) is 0 Å². The fourth-order valence-corrected chi connectivity index (χ4v) is 5.89. The molecule has 0 bridgehead atoms. The van der Waals surface area contributed by atoms with Gasteiger partial charge in [-0.25, -0.2) is 0 Å². The lowest BCUT2D eigenvalue weighted by atomic mass is 9.64. The van der Waals surface area contributed by atoms with Gasteiger partial charge in [-0.15, -0.1) is 0 Å². The highest BCUT2D eigenvalue weighted by Crippen LogP contribution is 2.43. The first-order chi connectivity index (χ1) is 15.6. The van der Waals surface area contributed by atoms with Gasteiger partial charge in [0.05, 0.1) is 11.2 Å². The number of likely N-dealkylation sites (tertiary alicyclic amines) is 1. The first-order valence-electron chi connectivity index (χ1n) is 13.3. The van der Waals surface area contributed by atoms with Gasteiger partial charge in [0.25, 0.3) is 0 Å². The Kier molecular flexibility index (Phi) is 8.16. The summed E-state index contributed by atoms with van der Waals surface area (Å²) < 4.78 is 12.4. The molecule has 7 nitrogen and oxygen atoms in total. The van der Waals surface area contributed by atoms with Crippen LogP contribution in [0.2, 0.25) is 6.32 Å². The minimum absolute atomic E-state index is 0.0419. The summed E-state index contributed by atoms with van der Waals surface area (Å²) in [6.45, 7) is 18.9. The van der Waals surface area contributed by atoms with Gasteiger partial charge in [0.2, 0.25) is 11.8 Å². The Morgan fingerprint density at radius 1 is 1.03 bits per heavy atom. The Labute approximate surface area is 207 Å². The summed E-state index contributed by atoms with van der Waals surface area (Å²) >= 11 is 0. The molecule has 0 radical (unpaired) electrons. The minimum atomic E-state index is -0.888. The highest BCUT2D eigenvalue weighted by atomic mass is 16.7. The third-order valence-electron chi connectivity index (χ3n) is 8.31. The minimum Gasteiger partial charge on any atom is -0.403 e. The summed E-state index contributed by atoms with van der Waals surface area (Å²) in [5, 5.41) is 6.39. The van der Waals surface area contributed by atoms with Crippen molar-refractivity contribution in [3.63, 3.8) is 0 Å². The maximum Gasteiger partial charge on any atom is 0.457 e. The van der Waals surface area contributed by atoms with Gasteiger partial charge in [-0.1, -0.05) is 6.42 Å². The van der Waals surface area contributed by atoms with Crippen molar-refractivity contribution in [1.82, 2.24) is 15.5 Å². The van der Waals surface area contributed by atoms with Crippen LogP contribution in [-0.4, -0.2) is 65.7 Å². The Morgan fingerprint density at radius 3 is 2.15 bits per heavy atom. The van der Waals surface area contributed by atoms with Crippen molar-refractivity contribution in [1.29, 1.82) is 0 Å². The topological polar surface area (TPSA) is 79.9 Å². The number of amides is 2. The van der Waals surface area contributed by atoms with E-state index in [1.807, 2.05) is 20.8 Å². The Bertz CT molecular complexity index is 729. The second-order valence-corrected chi connectivity index (χ2v) is 13.0. The van der Waals surface area contributed by atoms with Gasteiger partial charge in [-0.2, -0.15) is 0 Å². The van der Waals surface area contributed by atoms with E-state index in [4.69, 9.17) is 9.31 Å². The van der Waals surface area contributed by atoms with Crippen LogP contribution < -0.4 is 10.6 Å². The summed E-state index contributed by atoms with van der Waals surface area (Å²) in [5.74, 6) is 0.248. The van der Waals surface area contributed by atoms with Gasteiger partial charge in [0.1, 0.15) is 5.54 Å². The molecule has 8 heteroatoms. The number of hydrogen-bond acceptors (Lipinski definition) is 5. The van der Waals surface area contributed by atoms with E-state index in [-0.39, 0.29) is 41.6 Å². The van der Waals surface area contributed by atoms with E-state index >= 15 is 0 Å². The lowest BCUT2D eigenvalue weighted by Gasteiger charge is -2.48. The molecule has 0 spiro atoms. The monoisotopic (exact) mass is 477 g/mol. The smallest absolute Gasteiger partial charge is 0.403 e. The van der Waals surface area contributed by atoms with Crippen LogP contribution in [0.4, 0.5) is 0 Å². The summed E-state index contributed by atoms with van der Waals surface area (Å²) in [6.07, 6.45) is 6.79. The second kappa shape index (κ2) is 10.1. The first kappa shape index (κ1) is 27.5. The average Bonchev–Trinajstić information content (AvgIpc) is 3.25. The fraction of sp³-hybridized carbons (Fsp3) is 0.923. The Hall–Kier alpha value is -1.12. The van der Waals surface area contributed by atoms with Gasteiger partial charge in [0.15, 0.2) is 0 Å². The number of carbonyl (C=O) groups excluding carboxylic acids is 2. The molecule has 2 N–H and O–H groups in total. The molecular formula is C26H48BN3O4. The second-order valence-electron chi connectivity index (χ2n) is 13.0. The molecule has 0 aromatic carbocycles. The van der Waals surface area contributed by atoms with Crippen molar-refractivity contribution in [2.75, 3.05) is 19.6 Å². The molecule has 3 fully saturated rings. The maximum absolute atomic E-state index is 13.8. The summed E-state index contributed by atoms with van der Waals surface area (Å²) in [4.78, 5) is 28.7. The van der Waals surface area contributed by atoms with Crippen molar-refractivity contribution >= 4 is 18.9 Å². The van der Waals surface area contributed by atoms with E-state index in [9.17, 15) is 9.59 Å². The number of rotatable bonds is 7. The lowest BCUT2D eigenvalue weighted by Crippen LogP contribution is -2.68. The largest absolute Gasteiger partial charge is 0.457 e. The number of hydrogen-bond donors (Lipinski definition) is 2. The highest BCUT2D eigenvalue weighted by molar-refractivity contribution is 6.45. The van der Waals surface area contributed by atoms with E-state index in [2.05, 4.69) is 43.2 Å². The van der Waals surface area contributed by atoms with E-state index in [1.54, 1.807) is 0 Å². The van der Waals surface area contributed by atoms with Gasteiger partial charge < -0.3 is 24.8 Å². The van der Waals surface area contributed by atoms with Crippen molar-refractivity contribution in [2.45, 2.75) is 123 Å².